The number of ether oxygens (including phenoxy) is 1. The largest absolute Gasteiger partial charge is 0.376 e. The second kappa shape index (κ2) is 9.28. The van der Waals surface area contributed by atoms with Gasteiger partial charge in [0.2, 0.25) is 11.8 Å². The van der Waals surface area contributed by atoms with E-state index in [1.807, 2.05) is 32.6 Å². The first-order valence-electron chi connectivity index (χ1n) is 11.7. The molecular formula is C23H36N4O4. The molecule has 1 aromatic heterocycles. The summed E-state index contributed by atoms with van der Waals surface area (Å²) in [5, 5.41) is 7.13. The molecule has 3 fully saturated rings. The van der Waals surface area contributed by atoms with Crippen molar-refractivity contribution in [1.82, 2.24) is 20.3 Å². The average molecular weight is 433 g/mol. The Morgan fingerprint density at radius 1 is 1.19 bits per heavy atom. The van der Waals surface area contributed by atoms with E-state index in [0.29, 0.717) is 19.4 Å². The van der Waals surface area contributed by atoms with E-state index in [1.54, 1.807) is 0 Å². The van der Waals surface area contributed by atoms with E-state index >= 15 is 0 Å². The Bertz CT molecular complexity index is 782. The van der Waals surface area contributed by atoms with Gasteiger partial charge in [-0.15, -0.1) is 0 Å². The van der Waals surface area contributed by atoms with Gasteiger partial charge in [0.25, 0.3) is 0 Å². The highest BCUT2D eigenvalue weighted by molar-refractivity contribution is 5.77. The number of nitrogens with zero attached hydrogens (tertiary/aromatic N) is 3. The van der Waals surface area contributed by atoms with E-state index < -0.39 is 0 Å². The van der Waals surface area contributed by atoms with Crippen molar-refractivity contribution in [3.05, 3.63) is 17.0 Å². The van der Waals surface area contributed by atoms with Gasteiger partial charge in [0.05, 0.1) is 24.8 Å². The number of carbonyl (C=O) groups is 2. The molecule has 4 heterocycles. The van der Waals surface area contributed by atoms with Crippen LogP contribution in [-0.2, 0) is 20.9 Å². The first-order valence-corrected chi connectivity index (χ1v) is 11.7. The van der Waals surface area contributed by atoms with Crippen LogP contribution in [0, 0.1) is 25.7 Å². The Hall–Kier alpha value is -1.93. The lowest BCUT2D eigenvalue weighted by atomic mass is 9.84. The van der Waals surface area contributed by atoms with E-state index in [0.717, 1.165) is 56.0 Å². The second-order valence-corrected chi connectivity index (χ2v) is 9.73. The molecule has 0 radical (unpaired) electrons. The lowest BCUT2D eigenvalue weighted by Crippen LogP contribution is -2.37. The molecular weight excluding hydrogens is 396 g/mol. The van der Waals surface area contributed by atoms with Crippen LogP contribution in [0.3, 0.4) is 0 Å². The predicted molar refractivity (Wildman–Crippen MR) is 115 cm³/mol. The molecule has 1 aromatic rings. The zero-order chi connectivity index (χ0) is 22.1. The van der Waals surface area contributed by atoms with Crippen molar-refractivity contribution in [3.63, 3.8) is 0 Å². The van der Waals surface area contributed by atoms with Gasteiger partial charge < -0.3 is 19.5 Å². The molecule has 0 unspecified atom stereocenters. The number of hydrogen-bond donors (Lipinski definition) is 1. The number of rotatable bonds is 7. The molecule has 0 bridgehead atoms. The molecule has 3 aliphatic rings. The third kappa shape index (κ3) is 4.80. The van der Waals surface area contributed by atoms with E-state index in [1.165, 1.54) is 0 Å². The third-order valence-corrected chi connectivity index (χ3v) is 7.11. The number of aryl methyl sites for hydroxylation is 2. The highest BCUT2D eigenvalue weighted by atomic mass is 16.5. The summed E-state index contributed by atoms with van der Waals surface area (Å²) in [5.41, 5.74) is 2.03. The normalized spacial score (nSPS) is 28.5. The molecule has 8 heteroatoms. The lowest BCUT2D eigenvalue weighted by Gasteiger charge is -2.25. The molecule has 0 aromatic carbocycles. The molecule has 0 aliphatic carbocycles. The van der Waals surface area contributed by atoms with Gasteiger partial charge >= 0.3 is 0 Å². The van der Waals surface area contributed by atoms with Crippen LogP contribution in [0.25, 0.3) is 0 Å². The summed E-state index contributed by atoms with van der Waals surface area (Å²) in [5.74, 6) is 1.47. The number of carbonyl (C=O) groups excluding carboxylic acids is 2. The fourth-order valence-corrected chi connectivity index (χ4v) is 5.61. The number of likely N-dealkylation sites (tertiary alicyclic amines) is 2. The van der Waals surface area contributed by atoms with Crippen molar-refractivity contribution < 1.29 is 18.8 Å². The summed E-state index contributed by atoms with van der Waals surface area (Å²) in [6, 6.07) is 0.331. The first kappa shape index (κ1) is 22.3. The van der Waals surface area contributed by atoms with Gasteiger partial charge in [-0.1, -0.05) is 5.16 Å². The quantitative estimate of drug-likeness (QED) is 0.709. The third-order valence-electron chi connectivity index (χ3n) is 7.11. The van der Waals surface area contributed by atoms with Crippen molar-refractivity contribution >= 4 is 11.8 Å². The number of nitrogens with one attached hydrogen (secondary N) is 1. The zero-order valence-electron chi connectivity index (χ0n) is 19.2. The minimum absolute atomic E-state index is 0.0782. The summed E-state index contributed by atoms with van der Waals surface area (Å²) in [6.07, 6.45) is 2.95. The van der Waals surface area contributed by atoms with Crippen LogP contribution >= 0.6 is 0 Å². The lowest BCUT2D eigenvalue weighted by molar-refractivity contribution is -0.133. The molecule has 2 amide bonds. The van der Waals surface area contributed by atoms with Gasteiger partial charge in [-0.05, 0) is 46.5 Å². The Balaban J connectivity index is 1.49. The maximum absolute atomic E-state index is 12.8. The van der Waals surface area contributed by atoms with Crippen LogP contribution in [0.4, 0.5) is 0 Å². The van der Waals surface area contributed by atoms with Crippen molar-refractivity contribution in [2.24, 2.45) is 11.8 Å². The SMILES string of the molecule is Cc1noc(C)c1CN1C[C@@H](CC(=O)NC(C)C)[C@H]2[C@H](CC(=O)N3CCCC3)OC[C@H]21. The van der Waals surface area contributed by atoms with Gasteiger partial charge in [0.1, 0.15) is 5.76 Å². The zero-order valence-corrected chi connectivity index (χ0v) is 19.2. The molecule has 8 nitrogen and oxygen atoms in total. The fraction of sp³-hybridized carbons (Fsp3) is 0.783. The smallest absolute Gasteiger partial charge is 0.225 e. The Morgan fingerprint density at radius 2 is 1.94 bits per heavy atom. The highest BCUT2D eigenvalue weighted by Crippen LogP contribution is 2.42. The monoisotopic (exact) mass is 432 g/mol. The molecule has 0 saturated carbocycles. The van der Waals surface area contributed by atoms with Crippen molar-refractivity contribution in [3.8, 4) is 0 Å². The molecule has 4 rings (SSSR count). The van der Waals surface area contributed by atoms with Crippen molar-refractivity contribution in [1.29, 1.82) is 0 Å². The Kier molecular flexibility index (Phi) is 6.67. The average Bonchev–Trinajstić information content (AvgIpc) is 3.46. The van der Waals surface area contributed by atoms with E-state index in [2.05, 4.69) is 15.4 Å². The van der Waals surface area contributed by atoms with Gasteiger partial charge in [-0.3, -0.25) is 14.5 Å². The number of aromatic nitrogens is 1. The van der Waals surface area contributed by atoms with Crippen LogP contribution in [0.15, 0.2) is 4.52 Å². The maximum atomic E-state index is 12.8. The Labute approximate surface area is 184 Å². The standard InChI is InChI=1S/C23H36N4O4/c1-14(2)24-21(28)9-17-11-27(12-18-15(3)25-31-16(18)4)19-13-30-20(23(17)19)10-22(29)26-7-5-6-8-26/h14,17,19-20,23H,5-13H2,1-4H3,(H,24,28)/t17-,19-,20+,23-/m1/s1. The van der Waals surface area contributed by atoms with Crippen LogP contribution < -0.4 is 5.32 Å². The number of hydrogen-bond acceptors (Lipinski definition) is 6. The Morgan fingerprint density at radius 3 is 2.58 bits per heavy atom. The minimum Gasteiger partial charge on any atom is -0.376 e. The predicted octanol–water partition coefficient (Wildman–Crippen LogP) is 2.03. The topological polar surface area (TPSA) is 87.9 Å². The first-order chi connectivity index (χ1) is 14.8. The summed E-state index contributed by atoms with van der Waals surface area (Å²) >= 11 is 0. The van der Waals surface area contributed by atoms with Crippen molar-refractivity contribution in [2.45, 2.75) is 78.1 Å². The van der Waals surface area contributed by atoms with Crippen LogP contribution in [0.5, 0.6) is 0 Å². The molecule has 172 valence electrons. The van der Waals surface area contributed by atoms with Crippen molar-refractivity contribution in [2.75, 3.05) is 26.2 Å². The molecule has 4 atom stereocenters. The van der Waals surface area contributed by atoms with Crippen LogP contribution in [0.2, 0.25) is 0 Å². The number of fused-ring (bicyclic) bond motifs is 1. The minimum atomic E-state index is -0.121. The van der Waals surface area contributed by atoms with Crippen LogP contribution in [0.1, 0.15) is 56.5 Å². The van der Waals surface area contributed by atoms with Gasteiger partial charge in [0.15, 0.2) is 0 Å². The summed E-state index contributed by atoms with van der Waals surface area (Å²) in [6.45, 7) is 11.8. The maximum Gasteiger partial charge on any atom is 0.225 e. The van der Waals surface area contributed by atoms with Gasteiger partial charge in [-0.2, -0.15) is 0 Å². The molecule has 3 aliphatic heterocycles. The molecule has 0 spiro atoms. The highest BCUT2D eigenvalue weighted by Gasteiger charge is 2.51. The van der Waals surface area contributed by atoms with E-state index in [4.69, 9.17) is 9.26 Å². The van der Waals surface area contributed by atoms with Gasteiger partial charge in [-0.25, -0.2) is 0 Å². The van der Waals surface area contributed by atoms with Crippen LogP contribution in [-0.4, -0.2) is 71.2 Å². The summed E-state index contributed by atoms with van der Waals surface area (Å²) in [7, 11) is 0. The number of amides is 2. The van der Waals surface area contributed by atoms with E-state index in [-0.39, 0.29) is 41.8 Å². The fourth-order valence-electron chi connectivity index (χ4n) is 5.61. The van der Waals surface area contributed by atoms with Gasteiger partial charge in [0, 0.05) is 56.2 Å². The summed E-state index contributed by atoms with van der Waals surface area (Å²) in [4.78, 5) is 29.8. The summed E-state index contributed by atoms with van der Waals surface area (Å²) < 4.78 is 11.6. The molecule has 31 heavy (non-hydrogen) atoms. The second-order valence-electron chi connectivity index (χ2n) is 9.73. The molecule has 1 N–H and O–H groups in total. The molecule has 3 saturated heterocycles. The van der Waals surface area contributed by atoms with E-state index in [9.17, 15) is 9.59 Å².